The van der Waals surface area contributed by atoms with Crippen molar-refractivity contribution in [3.8, 4) is 5.95 Å². The third-order valence-electron chi connectivity index (χ3n) is 6.37. The van der Waals surface area contributed by atoms with Gasteiger partial charge in [-0.1, -0.05) is 36.4 Å². The van der Waals surface area contributed by atoms with Crippen LogP contribution in [0, 0.1) is 0 Å². The summed E-state index contributed by atoms with van der Waals surface area (Å²) >= 11 is 0. The number of aliphatic hydroxyl groups excluding tert-OH is 1. The molecule has 2 amide bonds. The quantitative estimate of drug-likeness (QED) is 0.351. The van der Waals surface area contributed by atoms with Gasteiger partial charge in [-0.05, 0) is 18.4 Å². The van der Waals surface area contributed by atoms with E-state index in [0.29, 0.717) is 41.3 Å². The number of carbonyl (C=O) groups is 2. The van der Waals surface area contributed by atoms with Gasteiger partial charge in [0, 0.05) is 53.7 Å². The molecule has 7 heteroatoms. The van der Waals surface area contributed by atoms with Gasteiger partial charge in [0.05, 0.1) is 23.3 Å². The lowest BCUT2D eigenvalue weighted by Crippen LogP contribution is -2.22. The van der Waals surface area contributed by atoms with Gasteiger partial charge in [-0.15, -0.1) is 0 Å². The second-order valence-electron chi connectivity index (χ2n) is 8.40. The van der Waals surface area contributed by atoms with Gasteiger partial charge < -0.3 is 18.8 Å². The number of benzene rings is 2. The minimum atomic E-state index is -0.437. The molecule has 0 atom stereocenters. The summed E-state index contributed by atoms with van der Waals surface area (Å²) in [5.41, 5.74) is 4.87. The number of carbonyl (C=O) groups excluding carboxylic acids is 2. The van der Waals surface area contributed by atoms with E-state index in [0.717, 1.165) is 41.2 Å². The molecule has 2 aliphatic rings. The number of aromatic nitrogens is 1. The highest BCUT2D eigenvalue weighted by atomic mass is 16.6. The van der Waals surface area contributed by atoms with Gasteiger partial charge in [-0.3, -0.25) is 14.9 Å². The Hall–Kier alpha value is -3.84. The Kier molecular flexibility index (Phi) is 4.58. The van der Waals surface area contributed by atoms with E-state index < -0.39 is 11.8 Å². The first kappa shape index (κ1) is 19.8. The summed E-state index contributed by atoms with van der Waals surface area (Å²) in [6, 6.07) is 13.4. The molecule has 4 aromatic rings. The molecule has 0 saturated carbocycles. The summed E-state index contributed by atoms with van der Waals surface area (Å²) in [6.07, 6.45) is 4.53. The first-order valence-corrected chi connectivity index (χ1v) is 11.1. The Balaban J connectivity index is 1.56. The van der Waals surface area contributed by atoms with Crippen molar-refractivity contribution in [3.63, 3.8) is 0 Å². The van der Waals surface area contributed by atoms with E-state index in [2.05, 4.69) is 16.0 Å². The molecular weight excluding hydrogens is 420 g/mol. The molecule has 0 saturated heterocycles. The second kappa shape index (κ2) is 7.64. The van der Waals surface area contributed by atoms with Crippen LogP contribution in [0.5, 0.6) is 5.95 Å². The van der Waals surface area contributed by atoms with Crippen LogP contribution in [0.4, 0.5) is 0 Å². The Morgan fingerprint density at radius 2 is 1.88 bits per heavy atom. The number of ether oxygens (including phenoxy) is 1. The first-order valence-electron chi connectivity index (χ1n) is 11.1. The van der Waals surface area contributed by atoms with E-state index in [4.69, 9.17) is 14.3 Å². The standard InChI is InChI=1S/C26H22N2O5/c29-11-4-12-32-20-13-16-6-2-9-18(24(16)33-20)21-22(26(31)27-25(21)30)19-14-28-10-3-7-15-5-1-8-17(19)23(15)28/h1-2,5-6,8-9,13-14,29H,3-4,7,10-12H2,(H,27,30,31). The Morgan fingerprint density at radius 3 is 2.73 bits per heavy atom. The van der Waals surface area contributed by atoms with Gasteiger partial charge in [0.2, 0.25) is 0 Å². The molecule has 2 aliphatic heterocycles. The van der Waals surface area contributed by atoms with Gasteiger partial charge in [-0.25, -0.2) is 0 Å². The van der Waals surface area contributed by atoms with Crippen LogP contribution in [0.25, 0.3) is 33.0 Å². The lowest BCUT2D eigenvalue weighted by atomic mass is 9.94. The van der Waals surface area contributed by atoms with Gasteiger partial charge in [-0.2, -0.15) is 0 Å². The van der Waals surface area contributed by atoms with Gasteiger partial charge in [0.15, 0.2) is 0 Å². The fraction of sp³-hybridized carbons (Fsp3) is 0.231. The van der Waals surface area contributed by atoms with Gasteiger partial charge in [0.1, 0.15) is 5.58 Å². The molecule has 0 bridgehead atoms. The van der Waals surface area contributed by atoms with Crippen molar-refractivity contribution >= 4 is 44.8 Å². The average molecular weight is 442 g/mol. The van der Waals surface area contributed by atoms with E-state index in [1.165, 1.54) is 5.56 Å². The van der Waals surface area contributed by atoms with Crippen molar-refractivity contribution < 1.29 is 23.8 Å². The Morgan fingerprint density at radius 1 is 1.06 bits per heavy atom. The van der Waals surface area contributed by atoms with E-state index in [1.807, 2.05) is 30.5 Å². The van der Waals surface area contributed by atoms with Crippen molar-refractivity contribution in [1.82, 2.24) is 9.88 Å². The van der Waals surface area contributed by atoms with Gasteiger partial charge >= 0.3 is 0 Å². The molecule has 0 radical (unpaired) electrons. The zero-order valence-electron chi connectivity index (χ0n) is 17.9. The van der Waals surface area contributed by atoms with Crippen LogP contribution in [0.1, 0.15) is 29.5 Å². The topological polar surface area (TPSA) is 93.7 Å². The lowest BCUT2D eigenvalue weighted by molar-refractivity contribution is -0.122. The number of rotatable bonds is 6. The fourth-order valence-corrected chi connectivity index (χ4v) is 4.97. The monoisotopic (exact) mass is 442 g/mol. The van der Waals surface area contributed by atoms with Crippen LogP contribution in [0.3, 0.4) is 0 Å². The van der Waals surface area contributed by atoms with Crippen molar-refractivity contribution in [2.75, 3.05) is 13.2 Å². The summed E-state index contributed by atoms with van der Waals surface area (Å²) in [4.78, 5) is 26.1. The molecule has 2 N–H and O–H groups in total. The largest absolute Gasteiger partial charge is 0.465 e. The Bertz CT molecular complexity index is 1470. The fourth-order valence-electron chi connectivity index (χ4n) is 4.97. The lowest BCUT2D eigenvalue weighted by Gasteiger charge is -2.14. The molecule has 7 nitrogen and oxygen atoms in total. The maximum absolute atomic E-state index is 13.0. The third kappa shape index (κ3) is 3.08. The van der Waals surface area contributed by atoms with Crippen LogP contribution in [-0.2, 0) is 22.6 Å². The molecule has 0 spiro atoms. The molecule has 2 aromatic heterocycles. The highest BCUT2D eigenvalue weighted by Gasteiger charge is 2.35. The number of hydrogen-bond acceptors (Lipinski definition) is 5. The van der Waals surface area contributed by atoms with Crippen LogP contribution < -0.4 is 10.1 Å². The van der Waals surface area contributed by atoms with Crippen LogP contribution in [0.2, 0.25) is 0 Å². The highest BCUT2D eigenvalue weighted by Crippen LogP contribution is 2.41. The third-order valence-corrected chi connectivity index (χ3v) is 6.37. The van der Waals surface area contributed by atoms with Crippen LogP contribution >= 0.6 is 0 Å². The number of fused-ring (bicyclic) bond motifs is 1. The number of hydrogen-bond donors (Lipinski definition) is 2. The molecule has 166 valence electrons. The van der Waals surface area contributed by atoms with E-state index in [9.17, 15) is 9.59 Å². The number of imide groups is 1. The molecule has 4 heterocycles. The van der Waals surface area contributed by atoms with Crippen LogP contribution in [-0.4, -0.2) is 34.7 Å². The average Bonchev–Trinajstić information content (AvgIpc) is 3.48. The molecule has 33 heavy (non-hydrogen) atoms. The van der Waals surface area contributed by atoms with E-state index >= 15 is 0 Å². The maximum atomic E-state index is 13.0. The number of nitrogens with one attached hydrogen (secondary N) is 1. The number of furan rings is 1. The summed E-state index contributed by atoms with van der Waals surface area (Å²) < 4.78 is 13.7. The van der Waals surface area contributed by atoms with Crippen molar-refractivity contribution in [2.24, 2.45) is 0 Å². The predicted molar refractivity (Wildman–Crippen MR) is 124 cm³/mol. The number of aliphatic hydroxyl groups is 1. The number of aryl methyl sites for hydroxylation is 2. The molecular formula is C26H22N2O5. The normalized spacial score (nSPS) is 15.7. The number of nitrogens with zero attached hydrogens (tertiary/aromatic N) is 1. The van der Waals surface area contributed by atoms with Crippen molar-refractivity contribution in [1.29, 1.82) is 0 Å². The minimum absolute atomic E-state index is 0.0271. The molecule has 6 rings (SSSR count). The van der Waals surface area contributed by atoms with E-state index in [1.54, 1.807) is 12.1 Å². The number of para-hydroxylation sites is 2. The molecule has 0 aliphatic carbocycles. The first-order chi connectivity index (χ1) is 16.2. The molecule has 0 unspecified atom stereocenters. The van der Waals surface area contributed by atoms with E-state index in [-0.39, 0.29) is 6.61 Å². The summed E-state index contributed by atoms with van der Waals surface area (Å²) in [7, 11) is 0. The molecule has 0 fully saturated rings. The number of amides is 2. The summed E-state index contributed by atoms with van der Waals surface area (Å²) in [5.74, 6) is -0.528. The smallest absolute Gasteiger partial charge is 0.285 e. The second-order valence-corrected chi connectivity index (χ2v) is 8.40. The molecule has 2 aromatic carbocycles. The minimum Gasteiger partial charge on any atom is -0.465 e. The van der Waals surface area contributed by atoms with Crippen LogP contribution in [0.15, 0.2) is 53.1 Å². The van der Waals surface area contributed by atoms with Gasteiger partial charge in [0.25, 0.3) is 17.8 Å². The maximum Gasteiger partial charge on any atom is 0.285 e. The zero-order valence-corrected chi connectivity index (χ0v) is 17.9. The SMILES string of the molecule is O=C1NC(=O)C(c2cccc3cc(OCCCO)oc23)=C1c1cn2c3c(cccc13)CCC2. The predicted octanol–water partition coefficient (Wildman–Crippen LogP) is 3.66. The summed E-state index contributed by atoms with van der Waals surface area (Å²) in [5, 5.41) is 13.2. The van der Waals surface area contributed by atoms with Crippen molar-refractivity contribution in [2.45, 2.75) is 25.8 Å². The van der Waals surface area contributed by atoms with Crippen molar-refractivity contribution in [3.05, 3.63) is 65.4 Å². The Labute approximate surface area is 189 Å². The highest BCUT2D eigenvalue weighted by molar-refractivity contribution is 6.50. The summed E-state index contributed by atoms with van der Waals surface area (Å²) in [6.45, 7) is 1.23. The zero-order chi connectivity index (χ0) is 22.5.